The molecule has 0 amide bonds. The summed E-state index contributed by atoms with van der Waals surface area (Å²) in [6.07, 6.45) is -4.55. The molecule has 19 heavy (non-hydrogen) atoms. The Morgan fingerprint density at radius 3 is 2.74 bits per heavy atom. The predicted molar refractivity (Wildman–Crippen MR) is 65.4 cm³/mol. The summed E-state index contributed by atoms with van der Waals surface area (Å²) in [7, 11) is 0. The Bertz CT molecular complexity index is 553. The van der Waals surface area contributed by atoms with Gasteiger partial charge in [-0.25, -0.2) is 4.98 Å². The van der Waals surface area contributed by atoms with Gasteiger partial charge in [0.2, 0.25) is 5.95 Å². The molecule has 0 fully saturated rings. The van der Waals surface area contributed by atoms with Crippen LogP contribution >= 0.6 is 11.6 Å². The van der Waals surface area contributed by atoms with Crippen LogP contribution in [-0.4, -0.2) is 21.8 Å². The fourth-order valence-electron chi connectivity index (χ4n) is 2.19. The zero-order valence-corrected chi connectivity index (χ0v) is 11.1. The summed E-state index contributed by atoms with van der Waals surface area (Å²) in [5, 5.41) is 2.16. The highest BCUT2D eigenvalue weighted by atomic mass is 35.5. The zero-order valence-electron chi connectivity index (χ0n) is 10.4. The van der Waals surface area contributed by atoms with Crippen LogP contribution < -0.4 is 10.9 Å². The Morgan fingerprint density at radius 2 is 2.16 bits per heavy atom. The lowest BCUT2D eigenvalue weighted by Crippen LogP contribution is -2.39. The molecule has 0 aliphatic carbocycles. The van der Waals surface area contributed by atoms with Crippen LogP contribution in [0.5, 0.6) is 0 Å². The number of rotatable bonds is 0. The number of nitrogens with one attached hydrogen (secondary N) is 1. The molecule has 0 aromatic carbocycles. The topological polar surface area (TPSA) is 46.9 Å². The van der Waals surface area contributed by atoms with Crippen LogP contribution in [0.4, 0.5) is 19.1 Å². The highest BCUT2D eigenvalue weighted by Crippen LogP contribution is 2.36. The van der Waals surface area contributed by atoms with Crippen LogP contribution in [0.1, 0.15) is 20.3 Å². The number of anilines is 1. The van der Waals surface area contributed by atoms with Crippen molar-refractivity contribution in [1.82, 2.24) is 9.55 Å². The first-order valence-electron chi connectivity index (χ1n) is 5.69. The largest absolute Gasteiger partial charge is 0.408 e. The molecule has 1 atom stereocenters. The van der Waals surface area contributed by atoms with Gasteiger partial charge in [-0.15, -0.1) is 0 Å². The van der Waals surface area contributed by atoms with Crippen molar-refractivity contribution in [2.45, 2.75) is 39.0 Å². The number of fused-ring (bicyclic) bond motifs is 1. The average molecular weight is 296 g/mol. The maximum absolute atomic E-state index is 12.9. The van der Waals surface area contributed by atoms with Gasteiger partial charge in [0.1, 0.15) is 11.2 Å². The third-order valence-corrected chi connectivity index (χ3v) is 3.21. The van der Waals surface area contributed by atoms with Crippen molar-refractivity contribution in [2.75, 3.05) is 5.32 Å². The van der Waals surface area contributed by atoms with Gasteiger partial charge in [-0.05, 0) is 11.8 Å². The lowest BCUT2D eigenvalue weighted by atomic mass is 9.86. The van der Waals surface area contributed by atoms with Crippen molar-refractivity contribution in [3.63, 3.8) is 0 Å². The minimum atomic E-state index is -4.41. The SMILES string of the molecule is CC1(C)CC(C(F)(F)F)Nc2nc(Cl)cc(=O)n2C1. The van der Waals surface area contributed by atoms with Gasteiger partial charge in [-0.2, -0.15) is 13.2 Å². The van der Waals surface area contributed by atoms with Crippen molar-refractivity contribution in [3.05, 3.63) is 21.6 Å². The summed E-state index contributed by atoms with van der Waals surface area (Å²) in [4.78, 5) is 15.6. The van der Waals surface area contributed by atoms with Crippen molar-refractivity contribution >= 4 is 17.5 Å². The Morgan fingerprint density at radius 1 is 1.53 bits per heavy atom. The van der Waals surface area contributed by atoms with E-state index in [1.807, 2.05) is 0 Å². The summed E-state index contributed by atoms with van der Waals surface area (Å²) in [6.45, 7) is 3.53. The Labute approximate surface area is 112 Å². The lowest BCUT2D eigenvalue weighted by Gasteiger charge is -2.27. The summed E-state index contributed by atoms with van der Waals surface area (Å²) >= 11 is 5.62. The molecule has 1 aliphatic rings. The number of nitrogens with zero attached hydrogens (tertiary/aromatic N) is 2. The maximum atomic E-state index is 12.9. The van der Waals surface area contributed by atoms with E-state index in [0.29, 0.717) is 0 Å². The minimum absolute atomic E-state index is 0.121. The Kier molecular flexibility index (Phi) is 3.28. The van der Waals surface area contributed by atoms with E-state index in [4.69, 9.17) is 11.6 Å². The summed E-state index contributed by atoms with van der Waals surface area (Å²) in [5.74, 6) is -0.134. The molecule has 1 aliphatic heterocycles. The van der Waals surface area contributed by atoms with Crippen LogP contribution in [-0.2, 0) is 6.54 Å². The second-order valence-corrected chi connectivity index (χ2v) is 5.82. The van der Waals surface area contributed by atoms with Gasteiger partial charge in [0.15, 0.2) is 0 Å². The van der Waals surface area contributed by atoms with E-state index in [1.165, 1.54) is 4.57 Å². The number of hydrogen-bond donors (Lipinski definition) is 1. The van der Waals surface area contributed by atoms with E-state index in [9.17, 15) is 18.0 Å². The average Bonchev–Trinajstić information content (AvgIpc) is 2.33. The third kappa shape index (κ3) is 3.02. The van der Waals surface area contributed by atoms with Crippen molar-refractivity contribution in [1.29, 1.82) is 0 Å². The molecular formula is C11H13ClF3N3O. The monoisotopic (exact) mass is 295 g/mol. The Balaban J connectivity index is 2.54. The van der Waals surface area contributed by atoms with Gasteiger partial charge in [0, 0.05) is 12.6 Å². The maximum Gasteiger partial charge on any atom is 0.408 e. The Hall–Kier alpha value is -1.24. The van der Waals surface area contributed by atoms with Crippen molar-refractivity contribution in [2.24, 2.45) is 5.41 Å². The summed E-state index contributed by atoms with van der Waals surface area (Å²) in [6, 6.07) is -0.655. The molecule has 1 unspecified atom stereocenters. The molecule has 0 saturated carbocycles. The highest BCUT2D eigenvalue weighted by Gasteiger charge is 2.45. The van der Waals surface area contributed by atoms with Gasteiger partial charge in [0.05, 0.1) is 0 Å². The number of hydrogen-bond acceptors (Lipinski definition) is 3. The first kappa shape index (κ1) is 14.2. The number of halogens is 4. The van der Waals surface area contributed by atoms with Crippen LogP contribution in [0.2, 0.25) is 5.15 Å². The number of alkyl halides is 3. The molecule has 1 aromatic heterocycles. The van der Waals surface area contributed by atoms with E-state index >= 15 is 0 Å². The molecule has 2 rings (SSSR count). The normalized spacial score (nSPS) is 22.3. The van der Waals surface area contributed by atoms with Crippen LogP contribution in [0.15, 0.2) is 10.9 Å². The predicted octanol–water partition coefficient (Wildman–Crippen LogP) is 2.67. The molecule has 4 nitrogen and oxygen atoms in total. The van der Waals surface area contributed by atoms with E-state index in [0.717, 1.165) is 6.07 Å². The summed E-state index contributed by atoms with van der Waals surface area (Å²) in [5.41, 5.74) is -1.14. The van der Waals surface area contributed by atoms with Crippen molar-refractivity contribution < 1.29 is 13.2 Å². The lowest BCUT2D eigenvalue weighted by molar-refractivity contribution is -0.148. The van der Waals surface area contributed by atoms with Crippen LogP contribution in [0, 0.1) is 5.41 Å². The van der Waals surface area contributed by atoms with E-state index in [2.05, 4.69) is 10.3 Å². The van der Waals surface area contributed by atoms with E-state index < -0.39 is 23.2 Å². The second-order valence-electron chi connectivity index (χ2n) is 5.43. The molecule has 1 aromatic rings. The number of aromatic nitrogens is 2. The molecule has 106 valence electrons. The highest BCUT2D eigenvalue weighted by molar-refractivity contribution is 6.29. The first-order valence-corrected chi connectivity index (χ1v) is 6.07. The molecule has 0 bridgehead atoms. The van der Waals surface area contributed by atoms with E-state index in [-0.39, 0.29) is 24.1 Å². The zero-order chi connectivity index (χ0) is 14.4. The van der Waals surface area contributed by atoms with Crippen LogP contribution in [0.25, 0.3) is 0 Å². The van der Waals surface area contributed by atoms with E-state index in [1.54, 1.807) is 13.8 Å². The first-order chi connectivity index (χ1) is 8.58. The molecule has 1 N–H and O–H groups in total. The molecular weight excluding hydrogens is 283 g/mol. The van der Waals surface area contributed by atoms with Crippen LogP contribution in [0.3, 0.4) is 0 Å². The quantitative estimate of drug-likeness (QED) is 0.749. The standard InChI is InChI=1S/C11H13ClF3N3O/c1-10(2)4-6(11(13,14)15)16-9-17-7(12)3-8(19)18(9)5-10/h3,6H,4-5H2,1-2H3,(H,16,17). The minimum Gasteiger partial charge on any atom is -0.344 e. The van der Waals surface area contributed by atoms with Gasteiger partial charge >= 0.3 is 6.18 Å². The smallest absolute Gasteiger partial charge is 0.344 e. The van der Waals surface area contributed by atoms with Crippen molar-refractivity contribution in [3.8, 4) is 0 Å². The van der Waals surface area contributed by atoms with Gasteiger partial charge in [-0.1, -0.05) is 25.4 Å². The van der Waals surface area contributed by atoms with Gasteiger partial charge in [-0.3, -0.25) is 9.36 Å². The molecule has 0 saturated heterocycles. The molecule has 8 heteroatoms. The fourth-order valence-corrected chi connectivity index (χ4v) is 2.36. The second kappa shape index (κ2) is 4.40. The summed E-state index contributed by atoms with van der Waals surface area (Å²) < 4.78 is 40.0. The van der Waals surface area contributed by atoms with Gasteiger partial charge in [0.25, 0.3) is 5.56 Å². The van der Waals surface area contributed by atoms with Gasteiger partial charge < -0.3 is 5.32 Å². The third-order valence-electron chi connectivity index (χ3n) is 3.02. The molecule has 0 spiro atoms. The fraction of sp³-hybridized carbons (Fsp3) is 0.636. The molecule has 0 radical (unpaired) electrons. The molecule has 2 heterocycles.